The molecule has 0 saturated carbocycles. The van der Waals surface area contributed by atoms with Crippen molar-refractivity contribution in [1.82, 2.24) is 4.98 Å². The van der Waals surface area contributed by atoms with Crippen LogP contribution in [-0.4, -0.2) is 16.6 Å². The molecule has 29 heavy (non-hydrogen) atoms. The Morgan fingerprint density at radius 1 is 1.14 bits per heavy atom. The number of aryl methyl sites for hydroxylation is 2. The SMILES string of the molecule is Cc1ccc(-c2ccc(C#N)c(SCCC(=O)Nc3cc(Cl)ccc3C)n2)cc1. The zero-order valence-corrected chi connectivity index (χ0v) is 17.8. The number of benzene rings is 2. The number of hydrogen-bond acceptors (Lipinski definition) is 4. The van der Waals surface area contributed by atoms with Gasteiger partial charge in [0.1, 0.15) is 11.1 Å². The van der Waals surface area contributed by atoms with Crippen LogP contribution in [0.15, 0.2) is 59.6 Å². The van der Waals surface area contributed by atoms with Crippen LogP contribution in [0.1, 0.15) is 23.1 Å². The zero-order chi connectivity index (χ0) is 20.8. The summed E-state index contributed by atoms with van der Waals surface area (Å²) >= 11 is 7.41. The van der Waals surface area contributed by atoms with Crippen molar-refractivity contribution < 1.29 is 4.79 Å². The van der Waals surface area contributed by atoms with Crippen molar-refractivity contribution in [2.24, 2.45) is 0 Å². The fourth-order valence-electron chi connectivity index (χ4n) is 2.70. The van der Waals surface area contributed by atoms with Crippen molar-refractivity contribution in [1.29, 1.82) is 5.26 Å². The van der Waals surface area contributed by atoms with Crippen molar-refractivity contribution in [2.75, 3.05) is 11.1 Å². The van der Waals surface area contributed by atoms with Crippen molar-refractivity contribution in [2.45, 2.75) is 25.3 Å². The Hall–Kier alpha value is -2.81. The summed E-state index contributed by atoms with van der Waals surface area (Å²) in [5.74, 6) is 0.417. The van der Waals surface area contributed by atoms with Crippen molar-refractivity contribution in [3.63, 3.8) is 0 Å². The first kappa shape index (κ1) is 20.9. The molecule has 6 heteroatoms. The molecular formula is C23H20ClN3OS. The second-order valence-corrected chi connectivity index (χ2v) is 8.15. The number of rotatable bonds is 6. The molecule has 0 aliphatic rings. The molecule has 0 aliphatic carbocycles. The Balaban J connectivity index is 1.65. The molecule has 0 saturated heterocycles. The fourth-order valence-corrected chi connectivity index (χ4v) is 3.79. The number of nitrogens with zero attached hydrogens (tertiary/aromatic N) is 2. The van der Waals surface area contributed by atoms with Gasteiger partial charge in [-0.25, -0.2) is 4.98 Å². The maximum absolute atomic E-state index is 12.3. The lowest BCUT2D eigenvalue weighted by Gasteiger charge is -2.09. The maximum atomic E-state index is 12.3. The lowest BCUT2D eigenvalue weighted by molar-refractivity contribution is -0.115. The maximum Gasteiger partial charge on any atom is 0.225 e. The number of carbonyl (C=O) groups excluding carboxylic acids is 1. The standard InChI is InChI=1S/C23H20ClN3OS/c1-15-3-6-17(7-4-15)20-10-8-18(14-25)23(27-20)29-12-11-22(28)26-21-13-19(24)9-5-16(21)2/h3-10,13H,11-12H2,1-2H3,(H,26,28). The minimum atomic E-state index is -0.101. The molecular weight excluding hydrogens is 402 g/mol. The third-order valence-corrected chi connectivity index (χ3v) is 5.60. The van der Waals surface area contributed by atoms with Crippen molar-refractivity contribution >= 4 is 35.0 Å². The lowest BCUT2D eigenvalue weighted by atomic mass is 10.1. The number of thioether (sulfide) groups is 1. The third-order valence-electron chi connectivity index (χ3n) is 4.37. The highest BCUT2D eigenvalue weighted by atomic mass is 35.5. The third kappa shape index (κ3) is 5.60. The van der Waals surface area contributed by atoms with E-state index in [2.05, 4.69) is 16.4 Å². The Kier molecular flexibility index (Phi) is 6.92. The number of nitriles is 1. The van der Waals surface area contributed by atoms with E-state index >= 15 is 0 Å². The van der Waals surface area contributed by atoms with Gasteiger partial charge in [0.25, 0.3) is 0 Å². The van der Waals surface area contributed by atoms with E-state index in [9.17, 15) is 10.1 Å². The lowest BCUT2D eigenvalue weighted by Crippen LogP contribution is -2.13. The van der Waals surface area contributed by atoms with Crippen LogP contribution in [0.4, 0.5) is 5.69 Å². The molecule has 4 nitrogen and oxygen atoms in total. The molecule has 146 valence electrons. The van der Waals surface area contributed by atoms with Gasteiger partial charge in [-0.1, -0.05) is 47.5 Å². The van der Waals surface area contributed by atoms with Gasteiger partial charge < -0.3 is 5.32 Å². The van der Waals surface area contributed by atoms with Gasteiger partial charge in [0.15, 0.2) is 0 Å². The van der Waals surface area contributed by atoms with Crippen LogP contribution in [0.2, 0.25) is 5.02 Å². The fraction of sp³-hybridized carbons (Fsp3) is 0.174. The van der Waals surface area contributed by atoms with Crippen LogP contribution in [0.5, 0.6) is 0 Å². The summed E-state index contributed by atoms with van der Waals surface area (Å²) in [6.45, 7) is 3.95. The number of aromatic nitrogens is 1. The monoisotopic (exact) mass is 421 g/mol. The van der Waals surface area contributed by atoms with E-state index in [1.807, 2.05) is 50.2 Å². The highest BCUT2D eigenvalue weighted by molar-refractivity contribution is 7.99. The Labute approximate surface area is 179 Å². The Bertz CT molecular complexity index is 1070. The molecule has 0 unspecified atom stereocenters. The normalized spacial score (nSPS) is 10.4. The number of carbonyl (C=O) groups is 1. The molecule has 3 aromatic rings. The van der Waals surface area contributed by atoms with E-state index in [0.29, 0.717) is 33.5 Å². The molecule has 1 aromatic heterocycles. The van der Waals surface area contributed by atoms with Gasteiger partial charge >= 0.3 is 0 Å². The number of pyridine rings is 1. The van der Waals surface area contributed by atoms with Crippen LogP contribution in [-0.2, 0) is 4.79 Å². The molecule has 1 amide bonds. The number of anilines is 1. The Morgan fingerprint density at radius 3 is 2.62 bits per heavy atom. The highest BCUT2D eigenvalue weighted by Crippen LogP contribution is 2.26. The number of halogens is 1. The van der Waals surface area contributed by atoms with Crippen molar-refractivity contribution in [3.05, 3.63) is 76.3 Å². The van der Waals surface area contributed by atoms with Crippen LogP contribution in [0, 0.1) is 25.2 Å². The average molecular weight is 422 g/mol. The molecule has 0 bridgehead atoms. The highest BCUT2D eigenvalue weighted by Gasteiger charge is 2.10. The summed E-state index contributed by atoms with van der Waals surface area (Å²) in [6.07, 6.45) is 0.303. The van der Waals surface area contributed by atoms with E-state index in [1.165, 1.54) is 17.3 Å². The minimum absolute atomic E-state index is 0.101. The van der Waals surface area contributed by atoms with Crippen LogP contribution >= 0.6 is 23.4 Å². The van der Waals surface area contributed by atoms with E-state index < -0.39 is 0 Å². The molecule has 0 aliphatic heterocycles. The number of hydrogen-bond donors (Lipinski definition) is 1. The van der Waals surface area contributed by atoms with Gasteiger partial charge in [-0.2, -0.15) is 5.26 Å². The number of amides is 1. The summed E-state index contributed by atoms with van der Waals surface area (Å²) in [5.41, 5.74) is 5.16. The first-order valence-corrected chi connectivity index (χ1v) is 10.5. The van der Waals surface area contributed by atoms with Gasteiger partial charge in [-0.3, -0.25) is 4.79 Å². The molecule has 1 N–H and O–H groups in total. The largest absolute Gasteiger partial charge is 0.326 e. The van der Waals surface area contributed by atoms with Crippen LogP contribution in [0.25, 0.3) is 11.3 Å². The molecule has 0 radical (unpaired) electrons. The van der Waals surface area contributed by atoms with Gasteiger partial charge in [0, 0.05) is 28.4 Å². The summed E-state index contributed by atoms with van der Waals surface area (Å²) < 4.78 is 0. The summed E-state index contributed by atoms with van der Waals surface area (Å²) in [5, 5.41) is 13.5. The summed E-state index contributed by atoms with van der Waals surface area (Å²) in [6, 6.07) is 19.3. The summed E-state index contributed by atoms with van der Waals surface area (Å²) in [7, 11) is 0. The second kappa shape index (κ2) is 9.60. The molecule has 0 spiro atoms. The van der Waals surface area contributed by atoms with E-state index in [1.54, 1.807) is 18.2 Å². The van der Waals surface area contributed by atoms with Gasteiger partial charge in [0.2, 0.25) is 5.91 Å². The van der Waals surface area contributed by atoms with Gasteiger partial charge in [-0.05, 0) is 43.7 Å². The molecule has 0 atom stereocenters. The van der Waals surface area contributed by atoms with Crippen molar-refractivity contribution in [3.8, 4) is 17.3 Å². The smallest absolute Gasteiger partial charge is 0.225 e. The van der Waals surface area contributed by atoms with E-state index in [-0.39, 0.29) is 5.91 Å². The van der Waals surface area contributed by atoms with Gasteiger partial charge in [-0.15, -0.1) is 11.8 Å². The molecule has 0 fully saturated rings. The molecule has 1 heterocycles. The molecule has 3 rings (SSSR count). The zero-order valence-electron chi connectivity index (χ0n) is 16.2. The van der Waals surface area contributed by atoms with Crippen LogP contribution < -0.4 is 5.32 Å². The minimum Gasteiger partial charge on any atom is -0.326 e. The first-order chi connectivity index (χ1) is 14.0. The topological polar surface area (TPSA) is 65.8 Å². The van der Waals surface area contributed by atoms with E-state index in [0.717, 1.165) is 16.8 Å². The van der Waals surface area contributed by atoms with E-state index in [4.69, 9.17) is 11.6 Å². The summed E-state index contributed by atoms with van der Waals surface area (Å²) in [4.78, 5) is 16.9. The molecule has 2 aromatic carbocycles. The first-order valence-electron chi connectivity index (χ1n) is 9.13. The van der Waals surface area contributed by atoms with Crippen LogP contribution in [0.3, 0.4) is 0 Å². The number of nitrogens with one attached hydrogen (secondary N) is 1. The Morgan fingerprint density at radius 2 is 1.90 bits per heavy atom. The predicted octanol–water partition coefficient (Wildman–Crippen LogP) is 6.01. The quantitative estimate of drug-likeness (QED) is 0.495. The van der Waals surface area contributed by atoms with Gasteiger partial charge in [0.05, 0.1) is 11.3 Å². The predicted molar refractivity (Wildman–Crippen MR) is 119 cm³/mol. The second-order valence-electron chi connectivity index (χ2n) is 6.63. The average Bonchev–Trinajstić information content (AvgIpc) is 2.71.